The Labute approximate surface area is 97.6 Å². The molecule has 84 valence electrons. The minimum absolute atomic E-state index is 0.0206. The van der Waals surface area contributed by atoms with Crippen molar-refractivity contribution in [1.29, 1.82) is 0 Å². The highest BCUT2D eigenvalue weighted by Crippen LogP contribution is 2.05. The normalized spacial score (nSPS) is 10.6. The second kappa shape index (κ2) is 4.49. The van der Waals surface area contributed by atoms with Crippen LogP contribution < -0.4 is 0 Å². The second-order valence-corrected chi connectivity index (χ2v) is 3.70. The number of alkyl halides is 1. The number of carbonyl (C=O) groups is 1. The molecule has 1 amide bonds. The van der Waals surface area contributed by atoms with Gasteiger partial charge in [0.15, 0.2) is 11.5 Å². The lowest BCUT2D eigenvalue weighted by molar-refractivity contribution is -0.127. The third-order valence-corrected chi connectivity index (χ3v) is 2.53. The molecule has 5 nitrogen and oxygen atoms in total. The Morgan fingerprint density at radius 2 is 2.31 bits per heavy atom. The van der Waals surface area contributed by atoms with E-state index < -0.39 is 0 Å². The van der Waals surface area contributed by atoms with Crippen LogP contribution in [0.5, 0.6) is 0 Å². The Morgan fingerprint density at radius 1 is 1.50 bits per heavy atom. The van der Waals surface area contributed by atoms with E-state index in [1.807, 2.05) is 28.8 Å². The van der Waals surface area contributed by atoms with Gasteiger partial charge in [-0.15, -0.1) is 21.8 Å². The topological polar surface area (TPSA) is 50.5 Å². The van der Waals surface area contributed by atoms with Gasteiger partial charge in [-0.05, 0) is 12.1 Å². The number of aromatic nitrogens is 3. The lowest BCUT2D eigenvalue weighted by Crippen LogP contribution is -2.28. The van der Waals surface area contributed by atoms with Crippen molar-refractivity contribution in [3.63, 3.8) is 0 Å². The van der Waals surface area contributed by atoms with Gasteiger partial charge >= 0.3 is 0 Å². The Kier molecular flexibility index (Phi) is 3.05. The van der Waals surface area contributed by atoms with Crippen LogP contribution in [0.1, 0.15) is 5.82 Å². The Balaban J connectivity index is 2.24. The van der Waals surface area contributed by atoms with E-state index >= 15 is 0 Å². The summed E-state index contributed by atoms with van der Waals surface area (Å²) in [4.78, 5) is 12.8. The highest BCUT2D eigenvalue weighted by Gasteiger charge is 2.11. The summed E-state index contributed by atoms with van der Waals surface area (Å²) in [6.45, 7) is 0.400. The quantitative estimate of drug-likeness (QED) is 0.748. The van der Waals surface area contributed by atoms with E-state index in [9.17, 15) is 4.79 Å². The minimum atomic E-state index is -0.130. The fraction of sp³-hybridized carbons (Fsp3) is 0.300. The van der Waals surface area contributed by atoms with Gasteiger partial charge in [-0.2, -0.15) is 0 Å². The highest BCUT2D eigenvalue weighted by molar-refractivity contribution is 6.27. The number of nitrogens with zero attached hydrogens (tertiary/aromatic N) is 4. The monoisotopic (exact) mass is 238 g/mol. The second-order valence-electron chi connectivity index (χ2n) is 3.43. The van der Waals surface area contributed by atoms with E-state index in [4.69, 9.17) is 11.6 Å². The van der Waals surface area contributed by atoms with Crippen LogP contribution >= 0.6 is 11.6 Å². The largest absolute Gasteiger partial charge is 0.337 e. The maximum Gasteiger partial charge on any atom is 0.237 e. The predicted molar refractivity (Wildman–Crippen MR) is 60.2 cm³/mol. The van der Waals surface area contributed by atoms with Crippen molar-refractivity contribution < 1.29 is 4.79 Å². The number of hydrogen-bond acceptors (Lipinski definition) is 3. The summed E-state index contributed by atoms with van der Waals surface area (Å²) in [5.41, 5.74) is 0.768. The summed E-state index contributed by atoms with van der Waals surface area (Å²) < 4.78 is 1.85. The van der Waals surface area contributed by atoms with Gasteiger partial charge in [0.25, 0.3) is 0 Å². The van der Waals surface area contributed by atoms with E-state index in [2.05, 4.69) is 10.2 Å². The maximum atomic E-state index is 11.3. The molecule has 0 aliphatic rings. The summed E-state index contributed by atoms with van der Waals surface area (Å²) in [5.74, 6) is 0.568. The molecule has 2 aromatic heterocycles. The summed E-state index contributed by atoms with van der Waals surface area (Å²) in [6, 6.07) is 5.64. The zero-order valence-electron chi connectivity index (χ0n) is 8.80. The number of hydrogen-bond donors (Lipinski definition) is 0. The minimum Gasteiger partial charge on any atom is -0.337 e. The van der Waals surface area contributed by atoms with Crippen LogP contribution in [0, 0.1) is 0 Å². The molecule has 0 saturated heterocycles. The number of pyridine rings is 1. The molecule has 2 heterocycles. The molecule has 0 radical (unpaired) electrons. The van der Waals surface area contributed by atoms with Gasteiger partial charge in [0, 0.05) is 13.2 Å². The maximum absolute atomic E-state index is 11.3. The smallest absolute Gasteiger partial charge is 0.237 e. The van der Waals surface area contributed by atoms with Crippen LogP contribution in [0.25, 0.3) is 5.65 Å². The molecule has 0 aliphatic carbocycles. The standard InChI is InChI=1S/C10H11ClN4O/c1-14(10(16)6-11)7-9-13-12-8-4-2-3-5-15(8)9/h2-5H,6-7H2,1H3. The van der Waals surface area contributed by atoms with Gasteiger partial charge < -0.3 is 4.90 Å². The van der Waals surface area contributed by atoms with Crippen molar-refractivity contribution in [3.05, 3.63) is 30.2 Å². The summed E-state index contributed by atoms with van der Waals surface area (Å²) in [7, 11) is 1.69. The number of fused-ring (bicyclic) bond motifs is 1. The van der Waals surface area contributed by atoms with Crippen molar-refractivity contribution in [2.24, 2.45) is 0 Å². The van der Waals surface area contributed by atoms with Crippen LogP contribution in [-0.4, -0.2) is 38.3 Å². The average Bonchev–Trinajstić information content (AvgIpc) is 2.72. The number of halogens is 1. The highest BCUT2D eigenvalue weighted by atomic mass is 35.5. The van der Waals surface area contributed by atoms with E-state index in [1.165, 1.54) is 4.90 Å². The molecule has 0 saturated carbocycles. The van der Waals surface area contributed by atoms with E-state index in [-0.39, 0.29) is 11.8 Å². The molecule has 0 fully saturated rings. The summed E-state index contributed by atoms with van der Waals surface area (Å²) >= 11 is 5.47. The van der Waals surface area contributed by atoms with Crippen molar-refractivity contribution in [1.82, 2.24) is 19.5 Å². The SMILES string of the molecule is CN(Cc1nnc2ccccn12)C(=O)CCl. The van der Waals surface area contributed by atoms with Crippen molar-refractivity contribution >= 4 is 23.2 Å². The average molecular weight is 239 g/mol. The van der Waals surface area contributed by atoms with Gasteiger partial charge in [0.1, 0.15) is 5.88 Å². The van der Waals surface area contributed by atoms with Crippen molar-refractivity contribution in [2.75, 3.05) is 12.9 Å². The molecule has 0 unspecified atom stereocenters. The molecule has 0 N–H and O–H groups in total. The predicted octanol–water partition coefficient (Wildman–Crippen LogP) is 0.926. The Hall–Kier alpha value is -1.62. The third kappa shape index (κ3) is 1.99. The molecule has 0 aromatic carbocycles. The summed E-state index contributed by atoms with van der Waals surface area (Å²) in [6.07, 6.45) is 1.86. The van der Waals surface area contributed by atoms with Gasteiger partial charge in [-0.3, -0.25) is 9.20 Å². The molecule has 16 heavy (non-hydrogen) atoms. The van der Waals surface area contributed by atoms with Crippen molar-refractivity contribution in [2.45, 2.75) is 6.54 Å². The van der Waals surface area contributed by atoms with Crippen LogP contribution in [0.15, 0.2) is 24.4 Å². The lowest BCUT2D eigenvalue weighted by atomic mass is 10.4. The van der Waals surface area contributed by atoms with Gasteiger partial charge in [0.05, 0.1) is 6.54 Å². The molecule has 6 heteroatoms. The zero-order valence-corrected chi connectivity index (χ0v) is 9.55. The molecule has 2 rings (SSSR count). The number of carbonyl (C=O) groups excluding carboxylic acids is 1. The van der Waals surface area contributed by atoms with Crippen LogP contribution in [-0.2, 0) is 11.3 Å². The molecule has 2 aromatic rings. The molecular formula is C10H11ClN4O. The van der Waals surface area contributed by atoms with Gasteiger partial charge in [-0.25, -0.2) is 0 Å². The molecule has 0 bridgehead atoms. The fourth-order valence-electron chi connectivity index (χ4n) is 1.40. The third-order valence-electron chi connectivity index (χ3n) is 2.30. The van der Waals surface area contributed by atoms with Crippen LogP contribution in [0.4, 0.5) is 0 Å². The van der Waals surface area contributed by atoms with Gasteiger partial charge in [-0.1, -0.05) is 6.07 Å². The Morgan fingerprint density at radius 3 is 3.06 bits per heavy atom. The first kappa shape index (κ1) is 10.9. The number of amides is 1. The first-order valence-electron chi connectivity index (χ1n) is 4.81. The zero-order chi connectivity index (χ0) is 11.5. The first-order valence-corrected chi connectivity index (χ1v) is 5.34. The first-order chi connectivity index (χ1) is 7.72. The van der Waals surface area contributed by atoms with Crippen molar-refractivity contribution in [3.8, 4) is 0 Å². The van der Waals surface area contributed by atoms with Crippen LogP contribution in [0.2, 0.25) is 0 Å². The fourth-order valence-corrected chi connectivity index (χ4v) is 1.61. The molecule has 0 aliphatic heterocycles. The van der Waals surface area contributed by atoms with Crippen LogP contribution in [0.3, 0.4) is 0 Å². The summed E-state index contributed by atoms with van der Waals surface area (Å²) in [5, 5.41) is 8.03. The lowest BCUT2D eigenvalue weighted by Gasteiger charge is -2.13. The van der Waals surface area contributed by atoms with Gasteiger partial charge in [0.2, 0.25) is 5.91 Å². The van der Waals surface area contributed by atoms with E-state index in [1.54, 1.807) is 7.05 Å². The molecule has 0 spiro atoms. The van der Waals surface area contributed by atoms with E-state index in [0.29, 0.717) is 6.54 Å². The van der Waals surface area contributed by atoms with E-state index in [0.717, 1.165) is 11.5 Å². The number of rotatable bonds is 3. The molecular weight excluding hydrogens is 228 g/mol. The molecule has 0 atom stereocenters. The Bertz CT molecular complexity index is 510.